The van der Waals surface area contributed by atoms with Crippen LogP contribution in [0.3, 0.4) is 0 Å². The molecule has 5 heteroatoms. The van der Waals surface area contributed by atoms with E-state index in [-0.39, 0.29) is 4.90 Å². The Hall–Kier alpha value is -1.07. The molecule has 0 unspecified atom stereocenters. The molecule has 0 heterocycles. The van der Waals surface area contributed by atoms with E-state index < -0.39 is 10.0 Å². The molecule has 3 N–H and O–H groups in total. The Labute approximate surface area is 77.8 Å². The zero-order chi connectivity index (χ0) is 9.90. The summed E-state index contributed by atoms with van der Waals surface area (Å²) in [6.45, 7) is 2.11. The molecule has 0 saturated heterocycles. The molecular formula is C8H12N2O2S. The van der Waals surface area contributed by atoms with Gasteiger partial charge in [0.05, 0.1) is 4.90 Å². The molecule has 0 aromatic heterocycles. The van der Waals surface area contributed by atoms with Gasteiger partial charge in [-0.05, 0) is 24.3 Å². The first-order valence-corrected chi connectivity index (χ1v) is 5.40. The van der Waals surface area contributed by atoms with Crippen molar-refractivity contribution in [2.75, 3.05) is 12.3 Å². The average molecular weight is 200 g/mol. The van der Waals surface area contributed by atoms with E-state index in [0.717, 1.165) is 0 Å². The summed E-state index contributed by atoms with van der Waals surface area (Å²) in [4.78, 5) is 0.239. The van der Waals surface area contributed by atoms with Gasteiger partial charge in [0.15, 0.2) is 0 Å². The topological polar surface area (TPSA) is 72.2 Å². The van der Waals surface area contributed by atoms with Crippen molar-refractivity contribution in [3.8, 4) is 0 Å². The second-order valence-electron chi connectivity index (χ2n) is 2.57. The van der Waals surface area contributed by atoms with Gasteiger partial charge in [0.25, 0.3) is 0 Å². The molecule has 0 bridgehead atoms. The molecule has 0 spiro atoms. The summed E-state index contributed by atoms with van der Waals surface area (Å²) in [6.07, 6.45) is 0. The highest BCUT2D eigenvalue weighted by Crippen LogP contribution is 2.10. The summed E-state index contributed by atoms with van der Waals surface area (Å²) in [5.74, 6) is 0. The minimum Gasteiger partial charge on any atom is -0.399 e. The number of nitrogens with one attached hydrogen (secondary N) is 1. The molecule has 72 valence electrons. The van der Waals surface area contributed by atoms with Crippen molar-refractivity contribution in [1.82, 2.24) is 4.72 Å². The molecule has 1 aromatic carbocycles. The maximum Gasteiger partial charge on any atom is 0.240 e. The van der Waals surface area contributed by atoms with Crippen LogP contribution in [-0.2, 0) is 10.0 Å². The van der Waals surface area contributed by atoms with Crippen LogP contribution < -0.4 is 10.5 Å². The van der Waals surface area contributed by atoms with Crippen molar-refractivity contribution in [1.29, 1.82) is 0 Å². The van der Waals surface area contributed by atoms with Gasteiger partial charge in [0.2, 0.25) is 10.0 Å². The molecule has 0 aliphatic heterocycles. The summed E-state index contributed by atoms with van der Waals surface area (Å²) in [6, 6.07) is 6.08. The number of hydrogen-bond acceptors (Lipinski definition) is 3. The van der Waals surface area contributed by atoms with Gasteiger partial charge < -0.3 is 5.73 Å². The SMILES string of the molecule is CCNS(=O)(=O)c1ccc(N)cc1. The highest BCUT2D eigenvalue weighted by atomic mass is 32.2. The van der Waals surface area contributed by atoms with Crippen molar-refractivity contribution in [3.05, 3.63) is 24.3 Å². The summed E-state index contributed by atoms with van der Waals surface area (Å²) in [7, 11) is -3.33. The van der Waals surface area contributed by atoms with Gasteiger partial charge in [-0.15, -0.1) is 0 Å². The van der Waals surface area contributed by atoms with E-state index in [2.05, 4.69) is 4.72 Å². The number of benzene rings is 1. The van der Waals surface area contributed by atoms with Crippen LogP contribution in [0.2, 0.25) is 0 Å². The van der Waals surface area contributed by atoms with Crippen LogP contribution in [0, 0.1) is 0 Å². The number of nitrogen functional groups attached to an aromatic ring is 1. The normalized spacial score (nSPS) is 11.5. The van der Waals surface area contributed by atoms with Gasteiger partial charge in [-0.1, -0.05) is 6.92 Å². The third kappa shape index (κ3) is 2.43. The number of hydrogen-bond donors (Lipinski definition) is 2. The van der Waals surface area contributed by atoms with Crippen molar-refractivity contribution >= 4 is 15.7 Å². The molecule has 0 aliphatic rings. The Morgan fingerprint density at radius 2 is 1.85 bits per heavy atom. The summed E-state index contributed by atoms with van der Waals surface area (Å²) >= 11 is 0. The quantitative estimate of drug-likeness (QED) is 0.700. The van der Waals surface area contributed by atoms with Crippen molar-refractivity contribution in [2.45, 2.75) is 11.8 Å². The molecule has 1 rings (SSSR count). The predicted octanol–water partition coefficient (Wildman–Crippen LogP) is 0.567. The Morgan fingerprint density at radius 3 is 2.31 bits per heavy atom. The first-order chi connectivity index (χ1) is 6.06. The summed E-state index contributed by atoms with van der Waals surface area (Å²) < 4.78 is 25.2. The van der Waals surface area contributed by atoms with E-state index in [1.165, 1.54) is 12.1 Å². The molecular weight excluding hydrogens is 188 g/mol. The lowest BCUT2D eigenvalue weighted by molar-refractivity contribution is 0.584. The van der Waals surface area contributed by atoms with Crippen LogP contribution in [0.4, 0.5) is 5.69 Å². The molecule has 1 aromatic rings. The fraction of sp³-hybridized carbons (Fsp3) is 0.250. The molecule has 0 fully saturated rings. The molecule has 0 amide bonds. The predicted molar refractivity (Wildman–Crippen MR) is 51.7 cm³/mol. The van der Waals surface area contributed by atoms with E-state index in [9.17, 15) is 8.42 Å². The van der Waals surface area contributed by atoms with Crippen LogP contribution in [-0.4, -0.2) is 15.0 Å². The van der Waals surface area contributed by atoms with Crippen LogP contribution in [0.5, 0.6) is 0 Å². The lowest BCUT2D eigenvalue weighted by Gasteiger charge is -2.03. The minimum absolute atomic E-state index is 0.239. The van der Waals surface area contributed by atoms with Crippen molar-refractivity contribution in [3.63, 3.8) is 0 Å². The molecule has 0 atom stereocenters. The molecule has 13 heavy (non-hydrogen) atoms. The van der Waals surface area contributed by atoms with Crippen LogP contribution >= 0.6 is 0 Å². The molecule has 0 radical (unpaired) electrons. The largest absolute Gasteiger partial charge is 0.399 e. The first-order valence-electron chi connectivity index (χ1n) is 3.91. The highest BCUT2D eigenvalue weighted by Gasteiger charge is 2.10. The first kappa shape index (κ1) is 10.0. The summed E-state index contributed by atoms with van der Waals surface area (Å²) in [5.41, 5.74) is 5.98. The Morgan fingerprint density at radius 1 is 1.31 bits per heavy atom. The standard InChI is InChI=1S/C8H12N2O2S/c1-2-10-13(11,12)8-5-3-7(9)4-6-8/h3-6,10H,2,9H2,1H3. The third-order valence-electron chi connectivity index (χ3n) is 1.52. The van der Waals surface area contributed by atoms with Crippen molar-refractivity contribution in [2.24, 2.45) is 0 Å². The molecule has 4 nitrogen and oxygen atoms in total. The lowest BCUT2D eigenvalue weighted by Crippen LogP contribution is -2.22. The Bertz CT molecular complexity index is 370. The van der Waals surface area contributed by atoms with E-state index in [0.29, 0.717) is 12.2 Å². The zero-order valence-corrected chi connectivity index (χ0v) is 8.14. The second-order valence-corrected chi connectivity index (χ2v) is 4.34. The molecule has 0 aliphatic carbocycles. The lowest BCUT2D eigenvalue weighted by atomic mass is 10.3. The fourth-order valence-electron chi connectivity index (χ4n) is 0.920. The van der Waals surface area contributed by atoms with Crippen LogP contribution in [0.15, 0.2) is 29.2 Å². The van der Waals surface area contributed by atoms with Gasteiger partial charge in [-0.2, -0.15) is 0 Å². The van der Waals surface area contributed by atoms with Crippen molar-refractivity contribution < 1.29 is 8.42 Å². The number of sulfonamides is 1. The average Bonchev–Trinajstić information content (AvgIpc) is 2.05. The number of rotatable bonds is 3. The van der Waals surface area contributed by atoms with E-state index >= 15 is 0 Å². The number of nitrogens with two attached hydrogens (primary N) is 1. The fourth-order valence-corrected chi connectivity index (χ4v) is 1.96. The van der Waals surface area contributed by atoms with Gasteiger partial charge in [0, 0.05) is 12.2 Å². The monoisotopic (exact) mass is 200 g/mol. The second kappa shape index (κ2) is 3.76. The maximum absolute atomic E-state index is 11.4. The zero-order valence-electron chi connectivity index (χ0n) is 7.32. The van der Waals surface area contributed by atoms with Gasteiger partial charge in [-0.25, -0.2) is 13.1 Å². The van der Waals surface area contributed by atoms with Crippen LogP contribution in [0.25, 0.3) is 0 Å². The van der Waals surface area contributed by atoms with Crippen LogP contribution in [0.1, 0.15) is 6.92 Å². The van der Waals surface area contributed by atoms with E-state index in [1.54, 1.807) is 19.1 Å². The number of anilines is 1. The summed E-state index contributed by atoms with van der Waals surface area (Å²) in [5, 5.41) is 0. The maximum atomic E-state index is 11.4. The van der Waals surface area contributed by atoms with Gasteiger partial charge in [0.1, 0.15) is 0 Å². The van der Waals surface area contributed by atoms with Gasteiger partial charge in [-0.3, -0.25) is 0 Å². The minimum atomic E-state index is -3.33. The third-order valence-corrected chi connectivity index (χ3v) is 3.09. The van der Waals surface area contributed by atoms with E-state index in [1.807, 2.05) is 0 Å². The highest BCUT2D eigenvalue weighted by molar-refractivity contribution is 7.89. The Kier molecular flexibility index (Phi) is 2.90. The Balaban J connectivity index is 3.02. The smallest absolute Gasteiger partial charge is 0.240 e. The van der Waals surface area contributed by atoms with Gasteiger partial charge >= 0.3 is 0 Å². The van der Waals surface area contributed by atoms with E-state index in [4.69, 9.17) is 5.73 Å². The molecule has 0 saturated carbocycles.